The zero-order chi connectivity index (χ0) is 13.9. The van der Waals surface area contributed by atoms with Gasteiger partial charge in [-0.25, -0.2) is 0 Å². The predicted molar refractivity (Wildman–Crippen MR) is 77.7 cm³/mol. The zero-order valence-electron chi connectivity index (χ0n) is 11.0. The van der Waals surface area contributed by atoms with E-state index in [0.29, 0.717) is 26.1 Å². The Morgan fingerprint density at radius 2 is 2.05 bits per heavy atom. The molecule has 1 amide bonds. The monoisotopic (exact) mass is 326 g/mol. The van der Waals surface area contributed by atoms with Crippen LogP contribution in [0.2, 0.25) is 0 Å². The Bertz CT molecular complexity index is 459. The minimum absolute atomic E-state index is 0.0775. The van der Waals surface area contributed by atoms with Crippen LogP contribution in [-0.4, -0.2) is 24.7 Å². The number of amides is 1. The summed E-state index contributed by atoms with van der Waals surface area (Å²) in [5.41, 5.74) is 6.41. The number of benzene rings is 1. The smallest absolute Gasteiger partial charge is 0.240 e. The minimum atomic E-state index is -0.798. The molecule has 0 saturated carbocycles. The van der Waals surface area contributed by atoms with Crippen LogP contribution < -0.4 is 11.1 Å². The highest BCUT2D eigenvalue weighted by atomic mass is 79.9. The molecule has 2 rings (SSSR count). The number of carbonyl (C=O) groups is 1. The quantitative estimate of drug-likeness (QED) is 0.894. The van der Waals surface area contributed by atoms with E-state index < -0.39 is 5.54 Å². The number of nitrogens with one attached hydrogen (secondary N) is 1. The van der Waals surface area contributed by atoms with Crippen molar-refractivity contribution in [3.05, 3.63) is 34.3 Å². The van der Waals surface area contributed by atoms with E-state index in [4.69, 9.17) is 10.5 Å². The van der Waals surface area contributed by atoms with Crippen molar-refractivity contribution in [3.63, 3.8) is 0 Å². The summed E-state index contributed by atoms with van der Waals surface area (Å²) in [7, 11) is 0. The maximum atomic E-state index is 12.3. The van der Waals surface area contributed by atoms with Gasteiger partial charge in [0.25, 0.3) is 0 Å². The van der Waals surface area contributed by atoms with Crippen molar-refractivity contribution >= 4 is 21.8 Å². The Morgan fingerprint density at radius 1 is 1.42 bits per heavy atom. The average Bonchev–Trinajstić information content (AvgIpc) is 2.40. The lowest BCUT2D eigenvalue weighted by molar-refractivity contribution is -0.130. The fourth-order valence-corrected chi connectivity index (χ4v) is 2.84. The molecule has 0 radical (unpaired) electrons. The molecule has 5 heteroatoms. The number of nitrogens with two attached hydrogens (primary N) is 1. The molecule has 1 saturated heterocycles. The molecule has 0 bridgehead atoms. The van der Waals surface area contributed by atoms with Crippen LogP contribution in [0.25, 0.3) is 0 Å². The Balaban J connectivity index is 2.04. The van der Waals surface area contributed by atoms with Gasteiger partial charge in [0.1, 0.15) is 0 Å². The first-order valence-electron chi connectivity index (χ1n) is 6.45. The van der Waals surface area contributed by atoms with Gasteiger partial charge in [0, 0.05) is 17.7 Å². The van der Waals surface area contributed by atoms with E-state index in [0.717, 1.165) is 10.0 Å². The summed E-state index contributed by atoms with van der Waals surface area (Å²) < 4.78 is 6.24. The molecule has 1 atom stereocenters. The first-order valence-corrected chi connectivity index (χ1v) is 7.24. The summed E-state index contributed by atoms with van der Waals surface area (Å²) in [5.74, 6) is -0.0981. The van der Waals surface area contributed by atoms with Gasteiger partial charge < -0.3 is 15.8 Å². The number of halogens is 1. The lowest BCUT2D eigenvalue weighted by Gasteiger charge is -2.33. The molecular weight excluding hydrogens is 308 g/mol. The van der Waals surface area contributed by atoms with Gasteiger partial charge in [0.05, 0.1) is 11.6 Å². The number of hydrogen-bond donors (Lipinski definition) is 2. The summed E-state index contributed by atoms with van der Waals surface area (Å²) in [5, 5.41) is 3.00. The third kappa shape index (κ3) is 3.35. The minimum Gasteiger partial charge on any atom is -0.381 e. The van der Waals surface area contributed by atoms with Gasteiger partial charge in [0.2, 0.25) is 5.91 Å². The molecule has 1 aromatic carbocycles. The average molecular weight is 327 g/mol. The summed E-state index contributed by atoms with van der Waals surface area (Å²) in [6, 6.07) is 7.78. The molecule has 4 nitrogen and oxygen atoms in total. The van der Waals surface area contributed by atoms with Crippen molar-refractivity contribution in [2.24, 2.45) is 5.73 Å². The van der Waals surface area contributed by atoms with Crippen LogP contribution in [0.5, 0.6) is 0 Å². The van der Waals surface area contributed by atoms with Gasteiger partial charge in [0.15, 0.2) is 0 Å². The van der Waals surface area contributed by atoms with Crippen LogP contribution in [-0.2, 0) is 9.53 Å². The van der Waals surface area contributed by atoms with Crippen LogP contribution in [0.1, 0.15) is 31.4 Å². The van der Waals surface area contributed by atoms with Crippen molar-refractivity contribution in [1.82, 2.24) is 5.32 Å². The van der Waals surface area contributed by atoms with Crippen LogP contribution in [0.15, 0.2) is 28.7 Å². The van der Waals surface area contributed by atoms with Crippen molar-refractivity contribution in [1.29, 1.82) is 0 Å². The number of ether oxygens (including phenoxy) is 1. The Hall–Kier alpha value is -0.910. The van der Waals surface area contributed by atoms with Gasteiger partial charge in [-0.3, -0.25) is 4.79 Å². The predicted octanol–water partition coefficient (Wildman–Crippen LogP) is 2.13. The van der Waals surface area contributed by atoms with Gasteiger partial charge in [-0.15, -0.1) is 0 Å². The van der Waals surface area contributed by atoms with E-state index in [1.54, 1.807) is 0 Å². The molecule has 0 spiro atoms. The van der Waals surface area contributed by atoms with Crippen LogP contribution in [0, 0.1) is 0 Å². The molecule has 19 heavy (non-hydrogen) atoms. The van der Waals surface area contributed by atoms with E-state index in [1.165, 1.54) is 0 Å². The second-order valence-electron chi connectivity index (χ2n) is 4.99. The Kier molecular flexibility index (Phi) is 4.60. The van der Waals surface area contributed by atoms with E-state index in [9.17, 15) is 4.79 Å². The Morgan fingerprint density at radius 3 is 2.68 bits per heavy atom. The van der Waals surface area contributed by atoms with E-state index in [2.05, 4.69) is 21.2 Å². The molecular formula is C14H19BrN2O2. The second kappa shape index (κ2) is 6.03. The maximum Gasteiger partial charge on any atom is 0.240 e. The lowest BCUT2D eigenvalue weighted by atomic mass is 9.90. The van der Waals surface area contributed by atoms with Gasteiger partial charge in [-0.05, 0) is 31.4 Å². The van der Waals surface area contributed by atoms with Gasteiger partial charge in [-0.2, -0.15) is 0 Å². The molecule has 104 valence electrons. The lowest BCUT2D eigenvalue weighted by Crippen LogP contribution is -2.57. The van der Waals surface area contributed by atoms with E-state index in [-0.39, 0.29) is 11.9 Å². The van der Waals surface area contributed by atoms with Crippen molar-refractivity contribution in [3.8, 4) is 0 Å². The zero-order valence-corrected chi connectivity index (χ0v) is 12.6. The SMILES string of the molecule is C[C@H](NC(=O)C1(N)CCOCC1)c1ccccc1Br. The highest BCUT2D eigenvalue weighted by Crippen LogP contribution is 2.24. The molecule has 1 heterocycles. The molecule has 1 fully saturated rings. The first kappa shape index (κ1) is 14.5. The number of rotatable bonds is 3. The number of hydrogen-bond acceptors (Lipinski definition) is 3. The summed E-state index contributed by atoms with van der Waals surface area (Å²) in [6.07, 6.45) is 1.14. The molecule has 0 unspecified atom stereocenters. The highest BCUT2D eigenvalue weighted by molar-refractivity contribution is 9.10. The molecule has 1 aromatic rings. The van der Waals surface area contributed by atoms with Crippen LogP contribution in [0.4, 0.5) is 0 Å². The van der Waals surface area contributed by atoms with Crippen molar-refractivity contribution < 1.29 is 9.53 Å². The van der Waals surface area contributed by atoms with Crippen LogP contribution >= 0.6 is 15.9 Å². The molecule has 0 aromatic heterocycles. The van der Waals surface area contributed by atoms with Crippen molar-refractivity contribution in [2.75, 3.05) is 13.2 Å². The highest BCUT2D eigenvalue weighted by Gasteiger charge is 2.36. The number of carbonyl (C=O) groups excluding carboxylic acids is 1. The topological polar surface area (TPSA) is 64.4 Å². The summed E-state index contributed by atoms with van der Waals surface area (Å²) >= 11 is 3.49. The maximum absolute atomic E-state index is 12.3. The first-order chi connectivity index (χ1) is 9.03. The van der Waals surface area contributed by atoms with Crippen molar-refractivity contribution in [2.45, 2.75) is 31.3 Å². The molecule has 0 aliphatic carbocycles. The fourth-order valence-electron chi connectivity index (χ4n) is 2.21. The van der Waals surface area contributed by atoms with Gasteiger partial charge in [-0.1, -0.05) is 34.1 Å². The van der Waals surface area contributed by atoms with E-state index >= 15 is 0 Å². The molecule has 1 aliphatic rings. The second-order valence-corrected chi connectivity index (χ2v) is 5.84. The third-order valence-corrected chi connectivity index (χ3v) is 4.28. The third-order valence-electron chi connectivity index (χ3n) is 3.56. The largest absolute Gasteiger partial charge is 0.381 e. The van der Waals surface area contributed by atoms with Gasteiger partial charge >= 0.3 is 0 Å². The normalized spacial score (nSPS) is 19.7. The molecule has 1 aliphatic heterocycles. The standard InChI is InChI=1S/C14H19BrN2O2/c1-10(11-4-2-3-5-12(11)15)17-13(18)14(16)6-8-19-9-7-14/h2-5,10H,6-9,16H2,1H3,(H,17,18)/t10-/m0/s1. The van der Waals surface area contributed by atoms with Crippen LogP contribution in [0.3, 0.4) is 0 Å². The van der Waals surface area contributed by atoms with E-state index in [1.807, 2.05) is 31.2 Å². The Labute approximate surface area is 121 Å². The fraction of sp³-hybridized carbons (Fsp3) is 0.500. The molecule has 3 N–H and O–H groups in total. The summed E-state index contributed by atoms with van der Waals surface area (Å²) in [6.45, 7) is 3.06. The summed E-state index contributed by atoms with van der Waals surface area (Å²) in [4.78, 5) is 12.3.